The van der Waals surface area contributed by atoms with E-state index < -0.39 is 5.67 Å². The smallest absolute Gasteiger partial charge is 0.110 e. The molecule has 56 valence electrons. The summed E-state index contributed by atoms with van der Waals surface area (Å²) in [5.41, 5.74) is -0.950. The third kappa shape index (κ3) is 2.83. The Morgan fingerprint density at radius 3 is 2.00 bits per heavy atom. The average Bonchev–Trinajstić information content (AvgIpc) is 1.65. The van der Waals surface area contributed by atoms with Gasteiger partial charge in [0, 0.05) is 0 Å². The minimum Gasteiger partial charge on any atom is -0.244 e. The van der Waals surface area contributed by atoms with E-state index >= 15 is 0 Å². The van der Waals surface area contributed by atoms with Gasteiger partial charge in [0.1, 0.15) is 5.67 Å². The van der Waals surface area contributed by atoms with Crippen LogP contribution in [0.25, 0.3) is 0 Å². The molecule has 0 saturated carbocycles. The zero-order valence-electron chi connectivity index (χ0n) is 6.87. The van der Waals surface area contributed by atoms with Crippen LogP contribution in [0.4, 0.5) is 4.39 Å². The summed E-state index contributed by atoms with van der Waals surface area (Å²) in [5, 5.41) is 0. The van der Waals surface area contributed by atoms with Crippen molar-refractivity contribution in [3.63, 3.8) is 0 Å². The molecule has 0 aliphatic rings. The lowest BCUT2D eigenvalue weighted by molar-refractivity contribution is 0.111. The summed E-state index contributed by atoms with van der Waals surface area (Å²) in [6.07, 6.45) is 1.62. The average molecular weight is 132 g/mol. The van der Waals surface area contributed by atoms with Gasteiger partial charge in [-0.1, -0.05) is 27.2 Å². The molecule has 0 aliphatic heterocycles. The standard InChI is InChI=1S/C8H17F/c1-5-6-8(4,9)7(2)3/h7H,5-6H2,1-4H3/t8-/m0/s1. The van der Waals surface area contributed by atoms with Crippen LogP contribution in [0.15, 0.2) is 0 Å². The van der Waals surface area contributed by atoms with Gasteiger partial charge >= 0.3 is 0 Å². The maximum absolute atomic E-state index is 13.2. The molecule has 0 heterocycles. The number of hydrogen-bond acceptors (Lipinski definition) is 0. The second-order valence-corrected chi connectivity index (χ2v) is 3.18. The van der Waals surface area contributed by atoms with Crippen LogP contribution >= 0.6 is 0 Å². The first-order valence-corrected chi connectivity index (χ1v) is 3.69. The first kappa shape index (κ1) is 8.93. The highest BCUT2D eigenvalue weighted by molar-refractivity contribution is 4.75. The van der Waals surface area contributed by atoms with Crippen molar-refractivity contribution < 1.29 is 4.39 Å². The maximum Gasteiger partial charge on any atom is 0.110 e. The highest BCUT2D eigenvalue weighted by Gasteiger charge is 2.25. The minimum absolute atomic E-state index is 0.150. The summed E-state index contributed by atoms with van der Waals surface area (Å²) in [4.78, 5) is 0. The van der Waals surface area contributed by atoms with E-state index in [1.165, 1.54) is 0 Å². The molecule has 0 unspecified atom stereocenters. The van der Waals surface area contributed by atoms with Crippen LogP contribution in [-0.2, 0) is 0 Å². The molecule has 0 N–H and O–H groups in total. The second-order valence-electron chi connectivity index (χ2n) is 3.18. The van der Waals surface area contributed by atoms with Gasteiger partial charge in [-0.2, -0.15) is 0 Å². The Kier molecular flexibility index (Phi) is 3.16. The van der Waals surface area contributed by atoms with Crippen molar-refractivity contribution in [2.45, 2.75) is 46.2 Å². The van der Waals surface area contributed by atoms with Crippen molar-refractivity contribution in [2.24, 2.45) is 5.92 Å². The van der Waals surface area contributed by atoms with Crippen molar-refractivity contribution >= 4 is 0 Å². The van der Waals surface area contributed by atoms with E-state index in [4.69, 9.17) is 0 Å². The summed E-state index contributed by atoms with van der Waals surface area (Å²) >= 11 is 0. The summed E-state index contributed by atoms with van der Waals surface area (Å²) in [6.45, 7) is 7.55. The molecule has 0 nitrogen and oxygen atoms in total. The van der Waals surface area contributed by atoms with Gasteiger partial charge in [0.05, 0.1) is 0 Å². The molecule has 1 atom stereocenters. The first-order chi connectivity index (χ1) is 4.00. The predicted molar refractivity (Wildman–Crippen MR) is 39.3 cm³/mol. The molecule has 0 fully saturated rings. The van der Waals surface area contributed by atoms with Crippen LogP contribution in [0.3, 0.4) is 0 Å². The molecule has 1 heteroatoms. The predicted octanol–water partition coefficient (Wildman–Crippen LogP) is 3.17. The van der Waals surface area contributed by atoms with Crippen LogP contribution < -0.4 is 0 Å². The topological polar surface area (TPSA) is 0 Å². The Labute approximate surface area is 57.5 Å². The van der Waals surface area contributed by atoms with Crippen molar-refractivity contribution in [1.29, 1.82) is 0 Å². The van der Waals surface area contributed by atoms with Crippen LogP contribution in [0, 0.1) is 5.92 Å². The van der Waals surface area contributed by atoms with Crippen LogP contribution in [0.5, 0.6) is 0 Å². The molecule has 0 aromatic rings. The molecule has 0 bridgehead atoms. The number of halogens is 1. The van der Waals surface area contributed by atoms with Crippen molar-refractivity contribution in [3.05, 3.63) is 0 Å². The second kappa shape index (κ2) is 3.19. The van der Waals surface area contributed by atoms with E-state index in [9.17, 15) is 4.39 Å². The lowest BCUT2D eigenvalue weighted by Crippen LogP contribution is -2.24. The van der Waals surface area contributed by atoms with E-state index in [0.717, 1.165) is 6.42 Å². The third-order valence-electron chi connectivity index (χ3n) is 1.94. The molecule has 0 amide bonds. The zero-order chi connectivity index (χ0) is 7.49. The van der Waals surface area contributed by atoms with Gasteiger partial charge in [-0.3, -0.25) is 0 Å². The summed E-state index contributed by atoms with van der Waals surface area (Å²) in [6, 6.07) is 0. The molecule has 0 spiro atoms. The van der Waals surface area contributed by atoms with Gasteiger partial charge in [-0.05, 0) is 19.3 Å². The van der Waals surface area contributed by atoms with Crippen molar-refractivity contribution in [2.75, 3.05) is 0 Å². The molecule has 0 radical (unpaired) electrons. The SMILES string of the molecule is CCC[C@](C)(F)C(C)C. The minimum atomic E-state index is -0.950. The highest BCUT2D eigenvalue weighted by atomic mass is 19.1. The Balaban J connectivity index is 3.70. The summed E-state index contributed by atoms with van der Waals surface area (Å²) in [7, 11) is 0. The number of hydrogen-bond donors (Lipinski definition) is 0. The molecule has 0 aromatic heterocycles. The fourth-order valence-corrected chi connectivity index (χ4v) is 0.778. The van der Waals surface area contributed by atoms with Gasteiger partial charge in [0.15, 0.2) is 0 Å². The Morgan fingerprint density at radius 1 is 1.44 bits per heavy atom. The highest BCUT2D eigenvalue weighted by Crippen LogP contribution is 2.26. The molecular formula is C8H17F. The first-order valence-electron chi connectivity index (χ1n) is 3.69. The van der Waals surface area contributed by atoms with Crippen molar-refractivity contribution in [1.82, 2.24) is 0 Å². The van der Waals surface area contributed by atoms with Gasteiger partial charge in [-0.25, -0.2) is 4.39 Å². The molecule has 0 saturated heterocycles. The molecule has 9 heavy (non-hydrogen) atoms. The van der Waals surface area contributed by atoms with E-state index in [1.807, 2.05) is 20.8 Å². The fourth-order valence-electron chi connectivity index (χ4n) is 0.778. The van der Waals surface area contributed by atoms with Gasteiger partial charge in [0.25, 0.3) is 0 Å². The quantitative estimate of drug-likeness (QED) is 0.553. The van der Waals surface area contributed by atoms with Crippen LogP contribution in [0.1, 0.15) is 40.5 Å². The Bertz CT molecular complexity index is 74.6. The van der Waals surface area contributed by atoms with Gasteiger partial charge in [0.2, 0.25) is 0 Å². The largest absolute Gasteiger partial charge is 0.244 e. The molecule has 0 aliphatic carbocycles. The van der Waals surface area contributed by atoms with E-state index in [2.05, 4.69) is 0 Å². The molecular weight excluding hydrogens is 115 g/mol. The summed E-state index contributed by atoms with van der Waals surface area (Å²) in [5.74, 6) is 0.150. The lowest BCUT2D eigenvalue weighted by Gasteiger charge is -2.23. The maximum atomic E-state index is 13.2. The lowest BCUT2D eigenvalue weighted by atomic mass is 9.90. The third-order valence-corrected chi connectivity index (χ3v) is 1.94. The van der Waals surface area contributed by atoms with E-state index in [0.29, 0.717) is 6.42 Å². The van der Waals surface area contributed by atoms with Crippen LogP contribution in [0.2, 0.25) is 0 Å². The van der Waals surface area contributed by atoms with E-state index in [1.54, 1.807) is 6.92 Å². The number of alkyl halides is 1. The molecule has 0 rings (SSSR count). The Morgan fingerprint density at radius 2 is 1.89 bits per heavy atom. The van der Waals surface area contributed by atoms with E-state index in [-0.39, 0.29) is 5.92 Å². The zero-order valence-corrected chi connectivity index (χ0v) is 6.87. The van der Waals surface area contributed by atoms with Gasteiger partial charge in [-0.15, -0.1) is 0 Å². The summed E-state index contributed by atoms with van der Waals surface area (Å²) < 4.78 is 13.2. The fraction of sp³-hybridized carbons (Fsp3) is 1.00. The van der Waals surface area contributed by atoms with Crippen molar-refractivity contribution in [3.8, 4) is 0 Å². The number of rotatable bonds is 3. The van der Waals surface area contributed by atoms with Gasteiger partial charge < -0.3 is 0 Å². The van der Waals surface area contributed by atoms with Crippen LogP contribution in [-0.4, -0.2) is 5.67 Å². The normalized spacial score (nSPS) is 18.0. The molecule has 0 aromatic carbocycles. The Hall–Kier alpha value is -0.0700. The monoisotopic (exact) mass is 132 g/mol.